The fraction of sp³-hybridized carbons (Fsp3) is 0.350. The summed E-state index contributed by atoms with van der Waals surface area (Å²) < 4.78 is 4.10. The van der Waals surface area contributed by atoms with Crippen LogP contribution in [0, 0.1) is 0 Å². The summed E-state index contributed by atoms with van der Waals surface area (Å²) in [5, 5.41) is 8.54. The van der Waals surface area contributed by atoms with Gasteiger partial charge in [0, 0.05) is 39.2 Å². The number of aromatic nitrogens is 5. The van der Waals surface area contributed by atoms with E-state index in [0.29, 0.717) is 18.9 Å². The van der Waals surface area contributed by atoms with Crippen LogP contribution in [0.25, 0.3) is 5.69 Å². The van der Waals surface area contributed by atoms with E-state index in [9.17, 15) is 14.4 Å². The molecule has 0 N–H and O–H groups in total. The second kappa shape index (κ2) is 7.50. The number of likely N-dealkylation sites (tertiary alicyclic amines) is 1. The molecular formula is C20H22N6O3. The van der Waals surface area contributed by atoms with Crippen LogP contribution in [-0.4, -0.2) is 48.0 Å². The minimum atomic E-state index is -0.265. The molecule has 9 heteroatoms. The highest BCUT2D eigenvalue weighted by molar-refractivity contribution is 5.92. The predicted molar refractivity (Wildman–Crippen MR) is 106 cm³/mol. The summed E-state index contributed by atoms with van der Waals surface area (Å²) in [6.45, 7) is 1.04. The third kappa shape index (κ3) is 3.51. The van der Waals surface area contributed by atoms with E-state index in [-0.39, 0.29) is 28.8 Å². The zero-order chi connectivity index (χ0) is 20.5. The second-order valence-corrected chi connectivity index (χ2v) is 7.21. The molecule has 1 saturated heterocycles. The van der Waals surface area contributed by atoms with Gasteiger partial charge in [0.1, 0.15) is 11.5 Å². The molecule has 1 aliphatic heterocycles. The molecule has 0 spiro atoms. The van der Waals surface area contributed by atoms with Crippen LogP contribution in [0.1, 0.15) is 35.1 Å². The van der Waals surface area contributed by atoms with Crippen molar-refractivity contribution in [3.63, 3.8) is 0 Å². The van der Waals surface area contributed by atoms with Crippen LogP contribution in [-0.2, 0) is 14.1 Å². The molecule has 3 heterocycles. The summed E-state index contributed by atoms with van der Waals surface area (Å²) in [6, 6.07) is 12.2. The van der Waals surface area contributed by atoms with Crippen molar-refractivity contribution < 1.29 is 4.79 Å². The van der Waals surface area contributed by atoms with Gasteiger partial charge in [-0.1, -0.05) is 18.2 Å². The average molecular weight is 394 g/mol. The van der Waals surface area contributed by atoms with Crippen LogP contribution in [0.15, 0.2) is 52.1 Å². The molecule has 1 atom stereocenters. The second-order valence-electron chi connectivity index (χ2n) is 7.21. The molecule has 1 fully saturated rings. The monoisotopic (exact) mass is 394 g/mol. The Hall–Kier alpha value is -3.49. The maximum Gasteiger partial charge on any atom is 0.350 e. The SMILES string of the molecule is Cn1nc(C(=O)N2CCCC(c3nn(C)c(=O)n3-c3ccccc3)C2)ccc1=O. The normalized spacial score (nSPS) is 16.8. The number of amides is 1. The van der Waals surface area contributed by atoms with Crippen LogP contribution in [0.3, 0.4) is 0 Å². The minimum Gasteiger partial charge on any atom is -0.337 e. The summed E-state index contributed by atoms with van der Waals surface area (Å²) in [6.07, 6.45) is 1.62. The van der Waals surface area contributed by atoms with Crippen LogP contribution in [0.2, 0.25) is 0 Å². The highest BCUT2D eigenvalue weighted by atomic mass is 16.2. The molecule has 2 aromatic heterocycles. The summed E-state index contributed by atoms with van der Waals surface area (Å²) >= 11 is 0. The van der Waals surface area contributed by atoms with Crippen molar-refractivity contribution in [2.45, 2.75) is 18.8 Å². The van der Waals surface area contributed by atoms with Gasteiger partial charge in [0.15, 0.2) is 0 Å². The van der Waals surface area contributed by atoms with Crippen LogP contribution in [0.4, 0.5) is 0 Å². The molecular weight excluding hydrogens is 372 g/mol. The van der Waals surface area contributed by atoms with Gasteiger partial charge < -0.3 is 4.90 Å². The number of carbonyl (C=O) groups is 1. The van der Waals surface area contributed by atoms with Crippen molar-refractivity contribution in [2.24, 2.45) is 14.1 Å². The lowest BCUT2D eigenvalue weighted by Crippen LogP contribution is -2.41. The first-order valence-corrected chi connectivity index (χ1v) is 9.50. The molecule has 1 unspecified atom stereocenters. The number of hydrogen-bond donors (Lipinski definition) is 0. The third-order valence-electron chi connectivity index (χ3n) is 5.22. The molecule has 4 rings (SSSR count). The lowest BCUT2D eigenvalue weighted by Gasteiger charge is -2.32. The van der Waals surface area contributed by atoms with Crippen molar-refractivity contribution in [3.8, 4) is 5.69 Å². The highest BCUT2D eigenvalue weighted by Gasteiger charge is 2.30. The van der Waals surface area contributed by atoms with Crippen LogP contribution < -0.4 is 11.2 Å². The van der Waals surface area contributed by atoms with Crippen molar-refractivity contribution >= 4 is 5.91 Å². The van der Waals surface area contributed by atoms with Crippen LogP contribution >= 0.6 is 0 Å². The van der Waals surface area contributed by atoms with E-state index < -0.39 is 0 Å². The molecule has 9 nitrogen and oxygen atoms in total. The Bertz CT molecular complexity index is 1160. The number of nitrogens with zero attached hydrogens (tertiary/aromatic N) is 6. The van der Waals surface area contributed by atoms with Crippen molar-refractivity contribution in [2.75, 3.05) is 13.1 Å². The Kier molecular flexibility index (Phi) is 4.87. The van der Waals surface area contributed by atoms with Gasteiger partial charge in [-0.05, 0) is 31.0 Å². The molecule has 1 aliphatic rings. The van der Waals surface area contributed by atoms with Gasteiger partial charge in [0.25, 0.3) is 11.5 Å². The molecule has 0 radical (unpaired) electrons. The van der Waals surface area contributed by atoms with Gasteiger partial charge in [0.05, 0.1) is 5.69 Å². The van der Waals surface area contributed by atoms with E-state index in [2.05, 4.69) is 10.2 Å². The Balaban J connectivity index is 1.65. The summed E-state index contributed by atoms with van der Waals surface area (Å²) in [4.78, 5) is 38.9. The van der Waals surface area contributed by atoms with Gasteiger partial charge >= 0.3 is 5.69 Å². The number of hydrogen-bond acceptors (Lipinski definition) is 5. The summed E-state index contributed by atoms with van der Waals surface area (Å²) in [5.41, 5.74) is 0.505. The number of rotatable bonds is 3. The lowest BCUT2D eigenvalue weighted by atomic mass is 9.96. The van der Waals surface area contributed by atoms with Crippen molar-refractivity contribution in [1.82, 2.24) is 29.0 Å². The molecule has 0 bridgehead atoms. The zero-order valence-electron chi connectivity index (χ0n) is 16.4. The maximum absolute atomic E-state index is 12.9. The first-order chi connectivity index (χ1) is 14.0. The summed E-state index contributed by atoms with van der Waals surface area (Å²) in [7, 11) is 3.15. The van der Waals surface area contributed by atoms with Gasteiger partial charge in [-0.15, -0.1) is 0 Å². The molecule has 0 saturated carbocycles. The Morgan fingerprint density at radius 2 is 1.76 bits per heavy atom. The molecule has 0 aliphatic carbocycles. The Morgan fingerprint density at radius 1 is 1.00 bits per heavy atom. The van der Waals surface area contributed by atoms with Crippen molar-refractivity contribution in [1.29, 1.82) is 0 Å². The molecule has 3 aromatic rings. The lowest BCUT2D eigenvalue weighted by molar-refractivity contribution is 0.0695. The van der Waals surface area contributed by atoms with Crippen LogP contribution in [0.5, 0.6) is 0 Å². The number of aryl methyl sites for hydroxylation is 2. The van der Waals surface area contributed by atoms with E-state index in [1.165, 1.54) is 23.9 Å². The number of benzene rings is 1. The Morgan fingerprint density at radius 3 is 2.48 bits per heavy atom. The minimum absolute atomic E-state index is 0.0747. The summed E-state index contributed by atoms with van der Waals surface area (Å²) in [5.74, 6) is 0.346. The standard InChI is InChI=1S/C20H22N6O3/c1-23-17(27)11-10-16(21-23)19(28)25-12-6-7-14(13-25)18-22-24(2)20(29)26(18)15-8-4-3-5-9-15/h3-5,8-11,14H,6-7,12-13H2,1-2H3. The first-order valence-electron chi connectivity index (χ1n) is 9.50. The van der Waals surface area contributed by atoms with Gasteiger partial charge in [-0.25, -0.2) is 18.7 Å². The van der Waals surface area contributed by atoms with Gasteiger partial charge in [-0.2, -0.15) is 10.2 Å². The predicted octanol–water partition coefficient (Wildman–Crippen LogP) is 0.684. The quantitative estimate of drug-likeness (QED) is 0.651. The van der Waals surface area contributed by atoms with E-state index in [1.54, 1.807) is 16.5 Å². The zero-order valence-corrected chi connectivity index (χ0v) is 16.4. The number of piperidine rings is 1. The van der Waals surface area contributed by atoms with E-state index in [4.69, 9.17) is 0 Å². The smallest absolute Gasteiger partial charge is 0.337 e. The fourth-order valence-corrected chi connectivity index (χ4v) is 3.72. The number of carbonyl (C=O) groups excluding carboxylic acids is 1. The fourth-order valence-electron chi connectivity index (χ4n) is 3.72. The topological polar surface area (TPSA) is 95.0 Å². The van der Waals surface area contributed by atoms with E-state index in [0.717, 1.165) is 23.2 Å². The molecule has 29 heavy (non-hydrogen) atoms. The largest absolute Gasteiger partial charge is 0.350 e. The van der Waals surface area contributed by atoms with Gasteiger partial charge in [0.2, 0.25) is 0 Å². The highest BCUT2D eigenvalue weighted by Crippen LogP contribution is 2.27. The number of para-hydroxylation sites is 1. The third-order valence-corrected chi connectivity index (χ3v) is 5.22. The first kappa shape index (κ1) is 18.9. The molecule has 1 aromatic carbocycles. The van der Waals surface area contributed by atoms with Crippen molar-refractivity contribution in [3.05, 3.63) is 74.8 Å². The average Bonchev–Trinajstić information content (AvgIpc) is 3.05. The van der Waals surface area contributed by atoms with Gasteiger partial charge in [-0.3, -0.25) is 9.59 Å². The molecule has 1 amide bonds. The maximum atomic E-state index is 12.9. The Labute approximate surface area is 166 Å². The molecule has 150 valence electrons. The van der Waals surface area contributed by atoms with E-state index >= 15 is 0 Å². The van der Waals surface area contributed by atoms with E-state index in [1.807, 2.05) is 30.3 Å².